The van der Waals surface area contributed by atoms with Crippen molar-refractivity contribution in [1.29, 1.82) is 0 Å². The van der Waals surface area contributed by atoms with Gasteiger partial charge < -0.3 is 20.2 Å². The Morgan fingerprint density at radius 1 is 1.32 bits per heavy atom. The summed E-state index contributed by atoms with van der Waals surface area (Å²) in [5.41, 5.74) is 6.30. The van der Waals surface area contributed by atoms with E-state index in [1.54, 1.807) is 24.3 Å². The van der Waals surface area contributed by atoms with Crippen LogP contribution in [0.3, 0.4) is 0 Å². The maximum absolute atomic E-state index is 11.6. The summed E-state index contributed by atoms with van der Waals surface area (Å²) in [6.45, 7) is 0.702. The van der Waals surface area contributed by atoms with Crippen molar-refractivity contribution in [3.05, 3.63) is 46.8 Å². The van der Waals surface area contributed by atoms with Gasteiger partial charge in [0.25, 0.3) is 5.91 Å². The van der Waals surface area contributed by atoms with Gasteiger partial charge in [-0.05, 0) is 40.2 Å². The number of nitrogen functional groups attached to an aromatic ring is 1. The Morgan fingerprint density at radius 2 is 2.11 bits per heavy atom. The van der Waals surface area contributed by atoms with Gasteiger partial charge in [0.15, 0.2) is 10.4 Å². The van der Waals surface area contributed by atoms with Crippen molar-refractivity contribution in [1.82, 2.24) is 5.32 Å². The van der Waals surface area contributed by atoms with Crippen molar-refractivity contribution in [2.24, 2.45) is 0 Å². The van der Waals surface area contributed by atoms with Gasteiger partial charge in [0, 0.05) is 0 Å². The third kappa shape index (κ3) is 3.75. The first-order chi connectivity index (χ1) is 9.16. The van der Waals surface area contributed by atoms with E-state index in [1.165, 1.54) is 0 Å². The lowest BCUT2D eigenvalue weighted by Gasteiger charge is -2.08. The maximum atomic E-state index is 11.6. The second-order valence-electron chi connectivity index (χ2n) is 3.75. The van der Waals surface area contributed by atoms with E-state index in [2.05, 4.69) is 21.2 Å². The van der Waals surface area contributed by atoms with Gasteiger partial charge in [-0.25, -0.2) is 0 Å². The number of hydrogen-bond donors (Lipinski definition) is 2. The van der Waals surface area contributed by atoms with Gasteiger partial charge >= 0.3 is 0 Å². The number of furan rings is 1. The standard InChI is InChI=1S/C13H13BrN2O3/c14-12-6-5-11(19-12)13(17)16-7-8-18-10-4-2-1-3-9(10)15/h1-6H,7-8,15H2,(H,16,17). The van der Waals surface area contributed by atoms with Gasteiger partial charge in [-0.2, -0.15) is 0 Å². The first-order valence-electron chi connectivity index (χ1n) is 5.67. The lowest BCUT2D eigenvalue weighted by atomic mass is 10.3. The summed E-state index contributed by atoms with van der Waals surface area (Å²) in [5.74, 6) is 0.582. The molecule has 1 aromatic carbocycles. The van der Waals surface area contributed by atoms with Crippen LogP contribution in [0.25, 0.3) is 0 Å². The normalized spacial score (nSPS) is 10.2. The molecule has 0 fully saturated rings. The van der Waals surface area contributed by atoms with Crippen LogP contribution in [0.15, 0.2) is 45.5 Å². The molecule has 0 aliphatic carbocycles. The molecule has 0 unspecified atom stereocenters. The molecule has 2 rings (SSSR count). The van der Waals surface area contributed by atoms with Gasteiger partial charge in [-0.15, -0.1) is 0 Å². The summed E-state index contributed by atoms with van der Waals surface area (Å²) < 4.78 is 11.1. The van der Waals surface area contributed by atoms with Gasteiger partial charge in [0.05, 0.1) is 12.2 Å². The van der Waals surface area contributed by atoms with Crippen LogP contribution >= 0.6 is 15.9 Å². The van der Waals surface area contributed by atoms with Crippen LogP contribution < -0.4 is 15.8 Å². The molecule has 0 bridgehead atoms. The average Bonchev–Trinajstić information content (AvgIpc) is 2.83. The molecule has 2 aromatic rings. The minimum absolute atomic E-state index is 0.256. The zero-order chi connectivity index (χ0) is 13.7. The number of hydrogen-bond acceptors (Lipinski definition) is 4. The predicted molar refractivity (Wildman–Crippen MR) is 75.1 cm³/mol. The van der Waals surface area contributed by atoms with Crippen molar-refractivity contribution in [3.8, 4) is 5.75 Å². The highest BCUT2D eigenvalue weighted by atomic mass is 79.9. The van der Waals surface area contributed by atoms with E-state index in [0.717, 1.165) is 0 Å². The number of carbonyl (C=O) groups excluding carboxylic acids is 1. The Morgan fingerprint density at radius 3 is 2.79 bits per heavy atom. The van der Waals surface area contributed by atoms with Crippen molar-refractivity contribution >= 4 is 27.5 Å². The molecule has 5 nitrogen and oxygen atoms in total. The van der Waals surface area contributed by atoms with Gasteiger partial charge in [-0.3, -0.25) is 4.79 Å². The molecule has 0 atom stereocenters. The molecular formula is C13H13BrN2O3. The largest absolute Gasteiger partial charge is 0.490 e. The molecule has 0 saturated heterocycles. The molecule has 0 aliphatic rings. The first kappa shape index (κ1) is 13.5. The number of para-hydroxylation sites is 2. The van der Waals surface area contributed by atoms with Crippen LogP contribution in [0, 0.1) is 0 Å². The van der Waals surface area contributed by atoms with Crippen molar-refractivity contribution in [3.63, 3.8) is 0 Å². The highest BCUT2D eigenvalue weighted by Crippen LogP contribution is 2.19. The summed E-state index contributed by atoms with van der Waals surface area (Å²) in [6.07, 6.45) is 0. The molecule has 0 spiro atoms. The minimum Gasteiger partial charge on any atom is -0.490 e. The lowest BCUT2D eigenvalue weighted by molar-refractivity contribution is 0.0918. The summed E-state index contributed by atoms with van der Waals surface area (Å²) >= 11 is 3.14. The van der Waals surface area contributed by atoms with E-state index in [0.29, 0.717) is 29.3 Å². The van der Waals surface area contributed by atoms with Crippen molar-refractivity contribution in [2.45, 2.75) is 0 Å². The molecular weight excluding hydrogens is 312 g/mol. The Balaban J connectivity index is 1.75. The Hall–Kier alpha value is -1.95. The van der Waals surface area contributed by atoms with Crippen LogP contribution in [0.4, 0.5) is 5.69 Å². The van der Waals surface area contributed by atoms with E-state index in [9.17, 15) is 4.79 Å². The van der Waals surface area contributed by atoms with Crippen LogP contribution in [0.1, 0.15) is 10.6 Å². The number of anilines is 1. The summed E-state index contributed by atoms with van der Waals surface area (Å²) in [6, 6.07) is 10.5. The van der Waals surface area contributed by atoms with Crippen molar-refractivity contribution in [2.75, 3.05) is 18.9 Å². The summed E-state index contributed by atoms with van der Waals surface area (Å²) in [4.78, 5) is 11.6. The van der Waals surface area contributed by atoms with Crippen LogP contribution in [-0.2, 0) is 0 Å². The van der Waals surface area contributed by atoms with E-state index >= 15 is 0 Å². The predicted octanol–water partition coefficient (Wildman–Crippen LogP) is 2.43. The van der Waals surface area contributed by atoms with E-state index in [1.807, 2.05) is 12.1 Å². The molecule has 100 valence electrons. The molecule has 3 N–H and O–H groups in total. The zero-order valence-corrected chi connectivity index (χ0v) is 11.6. The Labute approximate surface area is 118 Å². The van der Waals surface area contributed by atoms with E-state index in [-0.39, 0.29) is 11.7 Å². The van der Waals surface area contributed by atoms with Gasteiger partial charge in [-0.1, -0.05) is 12.1 Å². The fraction of sp³-hybridized carbons (Fsp3) is 0.154. The Bertz CT molecular complexity index is 569. The second-order valence-corrected chi connectivity index (χ2v) is 4.53. The number of benzene rings is 1. The number of ether oxygens (including phenoxy) is 1. The zero-order valence-electron chi connectivity index (χ0n) is 10.1. The molecule has 19 heavy (non-hydrogen) atoms. The summed E-state index contributed by atoms with van der Waals surface area (Å²) in [5, 5.41) is 2.68. The van der Waals surface area contributed by atoms with Crippen LogP contribution in [0.5, 0.6) is 5.75 Å². The number of halogens is 1. The molecule has 0 aliphatic heterocycles. The molecule has 0 saturated carbocycles. The van der Waals surface area contributed by atoms with Crippen LogP contribution in [0.2, 0.25) is 0 Å². The number of amides is 1. The second kappa shape index (κ2) is 6.29. The maximum Gasteiger partial charge on any atom is 0.287 e. The fourth-order valence-corrected chi connectivity index (χ4v) is 1.77. The van der Waals surface area contributed by atoms with Crippen molar-refractivity contribution < 1.29 is 13.9 Å². The molecule has 1 amide bonds. The number of nitrogens with one attached hydrogen (secondary N) is 1. The molecule has 6 heteroatoms. The SMILES string of the molecule is Nc1ccccc1OCCNC(=O)c1ccc(Br)o1. The molecule has 1 heterocycles. The molecule has 1 aromatic heterocycles. The number of rotatable bonds is 5. The lowest BCUT2D eigenvalue weighted by Crippen LogP contribution is -2.27. The quantitative estimate of drug-likeness (QED) is 0.654. The van der Waals surface area contributed by atoms with E-state index in [4.69, 9.17) is 14.9 Å². The van der Waals surface area contributed by atoms with Gasteiger partial charge in [0.1, 0.15) is 12.4 Å². The van der Waals surface area contributed by atoms with E-state index < -0.39 is 0 Å². The number of carbonyl (C=O) groups is 1. The topological polar surface area (TPSA) is 77.5 Å². The van der Waals surface area contributed by atoms with Gasteiger partial charge in [0.2, 0.25) is 0 Å². The number of nitrogens with two attached hydrogens (primary N) is 1. The highest BCUT2D eigenvalue weighted by molar-refractivity contribution is 9.10. The minimum atomic E-state index is -0.282. The smallest absolute Gasteiger partial charge is 0.287 e. The first-order valence-corrected chi connectivity index (χ1v) is 6.47. The third-order valence-corrected chi connectivity index (χ3v) is 2.79. The highest BCUT2D eigenvalue weighted by Gasteiger charge is 2.09. The monoisotopic (exact) mass is 324 g/mol. The van der Waals surface area contributed by atoms with Crippen LogP contribution in [-0.4, -0.2) is 19.1 Å². The summed E-state index contributed by atoms with van der Waals surface area (Å²) in [7, 11) is 0. The Kier molecular flexibility index (Phi) is 4.46. The fourth-order valence-electron chi connectivity index (χ4n) is 1.46. The third-order valence-electron chi connectivity index (χ3n) is 2.36. The average molecular weight is 325 g/mol. The molecule has 0 radical (unpaired) electrons.